The van der Waals surface area contributed by atoms with Gasteiger partial charge in [0.2, 0.25) is 0 Å². The van der Waals surface area contributed by atoms with Crippen LogP contribution in [0.4, 0.5) is 5.82 Å². The predicted octanol–water partition coefficient (Wildman–Crippen LogP) is 0.423. The number of nitrogens with zero attached hydrogens (tertiary/aromatic N) is 4. The van der Waals surface area contributed by atoms with E-state index in [1.165, 1.54) is 4.68 Å². The van der Waals surface area contributed by atoms with E-state index in [1.807, 2.05) is 19.1 Å². The monoisotopic (exact) mass is 175 g/mol. The lowest BCUT2D eigenvalue weighted by molar-refractivity contribution is 0.660. The number of nitrogens with two attached hydrogens (primary N) is 1. The van der Waals surface area contributed by atoms with Gasteiger partial charge in [-0.2, -0.15) is 15.6 Å². The highest BCUT2D eigenvalue weighted by molar-refractivity contribution is 5.52. The number of hydrogen-bond acceptors (Lipinski definition) is 4. The molecule has 0 atom stereocenters. The van der Waals surface area contributed by atoms with Crippen LogP contribution in [0.25, 0.3) is 0 Å². The number of nitrogen functional groups attached to an aromatic ring is 1. The first kappa shape index (κ1) is 9.08. The molecule has 2 N–H and O–H groups in total. The molecule has 1 heterocycles. The third-order valence-corrected chi connectivity index (χ3v) is 1.72. The summed E-state index contributed by atoms with van der Waals surface area (Å²) in [4.78, 5) is 0. The highest BCUT2D eigenvalue weighted by atomic mass is 15.3. The van der Waals surface area contributed by atoms with Gasteiger partial charge >= 0.3 is 0 Å². The maximum Gasteiger partial charge on any atom is 0.140 e. The van der Waals surface area contributed by atoms with E-state index in [4.69, 9.17) is 16.3 Å². The van der Waals surface area contributed by atoms with Gasteiger partial charge in [0.05, 0.1) is 18.2 Å². The molecule has 5 nitrogen and oxygen atoms in total. The summed E-state index contributed by atoms with van der Waals surface area (Å²) in [6.45, 7) is 2.48. The van der Waals surface area contributed by atoms with Crippen molar-refractivity contribution in [3.05, 3.63) is 11.3 Å². The van der Waals surface area contributed by atoms with Crippen LogP contribution in [0.3, 0.4) is 0 Å². The van der Waals surface area contributed by atoms with Crippen LogP contribution >= 0.6 is 0 Å². The van der Waals surface area contributed by atoms with Gasteiger partial charge in [-0.1, -0.05) is 0 Å². The Morgan fingerprint density at radius 1 is 1.54 bits per heavy atom. The fourth-order valence-corrected chi connectivity index (χ4v) is 1.09. The third kappa shape index (κ3) is 1.45. The molecule has 1 aromatic heterocycles. The van der Waals surface area contributed by atoms with Crippen molar-refractivity contribution in [2.45, 2.75) is 19.9 Å². The number of rotatable bonds is 2. The Morgan fingerprint density at radius 3 is 2.69 bits per heavy atom. The SMILES string of the molecule is CCn1nc(CC#N)c(C#N)c1N. The van der Waals surface area contributed by atoms with Crippen molar-refractivity contribution in [2.75, 3.05) is 5.73 Å². The van der Waals surface area contributed by atoms with Crippen molar-refractivity contribution < 1.29 is 0 Å². The van der Waals surface area contributed by atoms with E-state index in [9.17, 15) is 0 Å². The Labute approximate surface area is 76.0 Å². The maximum atomic E-state index is 8.74. The maximum absolute atomic E-state index is 8.74. The van der Waals surface area contributed by atoms with Gasteiger partial charge in [0.1, 0.15) is 17.5 Å². The van der Waals surface area contributed by atoms with E-state index in [2.05, 4.69) is 5.10 Å². The van der Waals surface area contributed by atoms with Crippen molar-refractivity contribution in [3.8, 4) is 12.1 Å². The summed E-state index contributed by atoms with van der Waals surface area (Å²) in [5.41, 5.74) is 6.41. The van der Waals surface area contributed by atoms with Gasteiger partial charge < -0.3 is 5.73 Å². The van der Waals surface area contributed by atoms with Crippen LogP contribution in [0.15, 0.2) is 0 Å². The highest BCUT2D eigenvalue weighted by Crippen LogP contribution is 2.15. The first-order chi connectivity index (χ1) is 6.24. The van der Waals surface area contributed by atoms with Gasteiger partial charge in [0.15, 0.2) is 0 Å². The van der Waals surface area contributed by atoms with E-state index in [0.29, 0.717) is 23.6 Å². The molecular formula is C8H9N5. The molecule has 0 saturated carbocycles. The Balaban J connectivity index is 3.23. The van der Waals surface area contributed by atoms with Crippen molar-refractivity contribution in [1.29, 1.82) is 10.5 Å². The zero-order valence-electron chi connectivity index (χ0n) is 7.28. The van der Waals surface area contributed by atoms with Gasteiger partial charge in [-0.05, 0) is 6.92 Å². The van der Waals surface area contributed by atoms with Gasteiger partial charge in [-0.3, -0.25) is 0 Å². The molecule has 0 fully saturated rings. The van der Waals surface area contributed by atoms with Crippen LogP contribution in [-0.4, -0.2) is 9.78 Å². The van der Waals surface area contributed by atoms with Gasteiger partial charge in [-0.25, -0.2) is 4.68 Å². The second-order valence-electron chi connectivity index (χ2n) is 2.47. The molecule has 1 rings (SSSR count). The topological polar surface area (TPSA) is 91.4 Å². The summed E-state index contributed by atoms with van der Waals surface area (Å²) in [5.74, 6) is 0.343. The van der Waals surface area contributed by atoms with Crippen molar-refractivity contribution >= 4 is 5.82 Å². The average Bonchev–Trinajstić information content (AvgIpc) is 2.43. The van der Waals surface area contributed by atoms with E-state index in [1.54, 1.807) is 0 Å². The smallest absolute Gasteiger partial charge is 0.140 e. The van der Waals surface area contributed by atoms with E-state index in [-0.39, 0.29) is 6.42 Å². The average molecular weight is 175 g/mol. The molecule has 0 unspecified atom stereocenters. The minimum atomic E-state index is 0.125. The lowest BCUT2D eigenvalue weighted by Gasteiger charge is -1.95. The number of aromatic nitrogens is 2. The Hall–Kier alpha value is -2.01. The number of hydrogen-bond donors (Lipinski definition) is 1. The summed E-state index contributed by atoms with van der Waals surface area (Å²) in [6, 6.07) is 3.88. The molecule has 0 amide bonds. The van der Waals surface area contributed by atoms with Crippen LogP contribution < -0.4 is 5.73 Å². The molecule has 5 heteroatoms. The molecular weight excluding hydrogens is 166 g/mol. The quantitative estimate of drug-likeness (QED) is 0.705. The molecule has 0 radical (unpaired) electrons. The first-order valence-corrected chi connectivity index (χ1v) is 3.86. The molecule has 66 valence electrons. The van der Waals surface area contributed by atoms with Crippen LogP contribution in [0.1, 0.15) is 18.2 Å². The van der Waals surface area contributed by atoms with Crippen molar-refractivity contribution in [3.63, 3.8) is 0 Å². The minimum Gasteiger partial charge on any atom is -0.383 e. The highest BCUT2D eigenvalue weighted by Gasteiger charge is 2.13. The van der Waals surface area contributed by atoms with Crippen molar-refractivity contribution in [1.82, 2.24) is 9.78 Å². The standard InChI is InChI=1S/C8H9N5/c1-2-13-8(11)6(5-10)7(12-13)3-4-9/h2-3,11H2,1H3. The summed E-state index contributed by atoms with van der Waals surface area (Å²) in [7, 11) is 0. The molecule has 0 aliphatic rings. The van der Waals surface area contributed by atoms with Gasteiger partial charge in [0.25, 0.3) is 0 Å². The fourth-order valence-electron chi connectivity index (χ4n) is 1.09. The molecule has 0 aromatic carbocycles. The molecule has 0 bridgehead atoms. The fraction of sp³-hybridized carbons (Fsp3) is 0.375. The molecule has 0 spiro atoms. The molecule has 1 aromatic rings. The normalized spacial score (nSPS) is 9.15. The summed E-state index contributed by atoms with van der Waals surface area (Å²) in [6.07, 6.45) is 0.125. The van der Waals surface area contributed by atoms with E-state index < -0.39 is 0 Å². The van der Waals surface area contributed by atoms with Gasteiger partial charge in [0, 0.05) is 6.54 Å². The van der Waals surface area contributed by atoms with E-state index in [0.717, 1.165) is 0 Å². The summed E-state index contributed by atoms with van der Waals surface area (Å²) >= 11 is 0. The zero-order chi connectivity index (χ0) is 9.84. The zero-order valence-corrected chi connectivity index (χ0v) is 7.28. The Bertz CT molecular complexity index is 390. The summed E-state index contributed by atoms with van der Waals surface area (Å²) < 4.78 is 1.52. The lowest BCUT2D eigenvalue weighted by atomic mass is 10.2. The number of anilines is 1. The van der Waals surface area contributed by atoms with Crippen molar-refractivity contribution in [2.24, 2.45) is 0 Å². The number of aryl methyl sites for hydroxylation is 1. The largest absolute Gasteiger partial charge is 0.383 e. The predicted molar refractivity (Wildman–Crippen MR) is 46.3 cm³/mol. The third-order valence-electron chi connectivity index (χ3n) is 1.72. The van der Waals surface area contributed by atoms with Gasteiger partial charge in [-0.15, -0.1) is 0 Å². The Kier molecular flexibility index (Phi) is 2.51. The molecule has 13 heavy (non-hydrogen) atoms. The molecule has 0 aliphatic heterocycles. The van der Waals surface area contributed by atoms with Crippen LogP contribution in [0, 0.1) is 22.7 Å². The van der Waals surface area contributed by atoms with E-state index >= 15 is 0 Å². The van der Waals surface area contributed by atoms with Crippen LogP contribution in [-0.2, 0) is 13.0 Å². The first-order valence-electron chi connectivity index (χ1n) is 3.86. The minimum absolute atomic E-state index is 0.125. The summed E-state index contributed by atoms with van der Waals surface area (Å²) in [5, 5.41) is 21.2. The van der Waals surface area contributed by atoms with Crippen LogP contribution in [0.2, 0.25) is 0 Å². The lowest BCUT2D eigenvalue weighted by Crippen LogP contribution is -2.02. The number of nitriles is 2. The Morgan fingerprint density at radius 2 is 2.23 bits per heavy atom. The second-order valence-corrected chi connectivity index (χ2v) is 2.47. The van der Waals surface area contributed by atoms with Crippen LogP contribution in [0.5, 0.6) is 0 Å². The second kappa shape index (κ2) is 3.59. The molecule has 0 saturated heterocycles. The molecule has 0 aliphatic carbocycles.